The molecule has 1 heterocycles. The van der Waals surface area contributed by atoms with Gasteiger partial charge in [-0.15, -0.1) is 6.42 Å². The second-order valence-electron chi connectivity index (χ2n) is 7.15. The molecule has 0 fully saturated rings. The first kappa shape index (κ1) is 20.5. The molecule has 1 aliphatic carbocycles. The normalized spacial score (nSPS) is 12.2. The molecule has 7 heteroatoms. The van der Waals surface area contributed by atoms with Crippen molar-refractivity contribution in [1.82, 2.24) is 15.1 Å². The van der Waals surface area contributed by atoms with Crippen molar-refractivity contribution in [2.75, 3.05) is 13.7 Å². The molecule has 158 valence electrons. The number of hydrogen-bond donors (Lipinski definition) is 1. The van der Waals surface area contributed by atoms with Crippen LogP contribution >= 0.6 is 0 Å². The number of amides is 1. The van der Waals surface area contributed by atoms with Crippen molar-refractivity contribution in [1.29, 1.82) is 0 Å². The number of benzene rings is 2. The van der Waals surface area contributed by atoms with Crippen LogP contribution < -0.4 is 14.8 Å². The number of terminal acetylenes is 1. The molecule has 31 heavy (non-hydrogen) atoms. The second-order valence-corrected chi connectivity index (χ2v) is 7.15. The monoisotopic (exact) mass is 419 g/mol. The first-order valence-corrected chi connectivity index (χ1v) is 9.99. The Morgan fingerprint density at radius 2 is 2.10 bits per heavy atom. The molecule has 0 aliphatic heterocycles. The summed E-state index contributed by atoms with van der Waals surface area (Å²) in [6.07, 6.45) is 7.69. The van der Waals surface area contributed by atoms with Crippen LogP contribution in [0.3, 0.4) is 0 Å². The Labute approximate surface area is 180 Å². The molecule has 0 saturated carbocycles. The van der Waals surface area contributed by atoms with E-state index in [1.165, 1.54) is 6.07 Å². The highest BCUT2D eigenvalue weighted by Gasteiger charge is 2.27. The number of para-hydroxylation sites is 1. The first-order chi connectivity index (χ1) is 15.1. The number of halogens is 1. The van der Waals surface area contributed by atoms with Crippen molar-refractivity contribution in [2.45, 2.75) is 25.8 Å². The molecule has 1 amide bonds. The predicted octanol–water partition coefficient (Wildman–Crippen LogP) is 3.45. The number of nitrogens with zero attached hydrogens (tertiary/aromatic N) is 2. The molecule has 1 aromatic heterocycles. The molecule has 0 atom stereocenters. The lowest BCUT2D eigenvalue weighted by molar-refractivity contribution is 0.0944. The number of fused-ring (bicyclic) bond motifs is 1. The van der Waals surface area contributed by atoms with E-state index in [1.807, 2.05) is 6.07 Å². The van der Waals surface area contributed by atoms with Gasteiger partial charge in [0.05, 0.1) is 7.11 Å². The summed E-state index contributed by atoms with van der Waals surface area (Å²) >= 11 is 0. The first-order valence-electron chi connectivity index (χ1n) is 9.99. The summed E-state index contributed by atoms with van der Waals surface area (Å²) in [7, 11) is 1.55. The van der Waals surface area contributed by atoms with Gasteiger partial charge in [-0.2, -0.15) is 5.10 Å². The quantitative estimate of drug-likeness (QED) is 0.596. The minimum Gasteiger partial charge on any atom is -0.493 e. The Kier molecular flexibility index (Phi) is 5.89. The van der Waals surface area contributed by atoms with E-state index in [9.17, 15) is 9.18 Å². The van der Waals surface area contributed by atoms with Crippen LogP contribution in [0.4, 0.5) is 4.39 Å². The van der Waals surface area contributed by atoms with Gasteiger partial charge in [0.1, 0.15) is 18.1 Å². The number of ether oxygens (including phenoxy) is 2. The number of methoxy groups -OCH3 is 1. The molecule has 1 aliphatic rings. The molecule has 0 bridgehead atoms. The van der Waals surface area contributed by atoms with Crippen molar-refractivity contribution in [3.8, 4) is 29.5 Å². The van der Waals surface area contributed by atoms with Crippen molar-refractivity contribution in [2.24, 2.45) is 0 Å². The summed E-state index contributed by atoms with van der Waals surface area (Å²) in [6.45, 7) is 0.391. The largest absolute Gasteiger partial charge is 0.493 e. The maximum atomic E-state index is 14.3. The van der Waals surface area contributed by atoms with Crippen LogP contribution in [0.1, 0.15) is 33.7 Å². The average Bonchev–Trinajstić information content (AvgIpc) is 3.39. The minimum atomic E-state index is -0.371. The molecule has 1 N–H and O–H groups in total. The lowest BCUT2D eigenvalue weighted by atomic mass is 10.1. The zero-order valence-electron chi connectivity index (χ0n) is 17.2. The van der Waals surface area contributed by atoms with Gasteiger partial charge in [0.25, 0.3) is 5.91 Å². The topological polar surface area (TPSA) is 65.4 Å². The van der Waals surface area contributed by atoms with Crippen molar-refractivity contribution in [3.05, 3.63) is 70.8 Å². The van der Waals surface area contributed by atoms with Gasteiger partial charge in [-0.25, -0.2) is 9.07 Å². The van der Waals surface area contributed by atoms with Gasteiger partial charge >= 0.3 is 0 Å². The number of hydrogen-bond acceptors (Lipinski definition) is 4. The molecular formula is C24H22FN3O3. The van der Waals surface area contributed by atoms with E-state index in [4.69, 9.17) is 15.9 Å². The molecule has 0 saturated heterocycles. The van der Waals surface area contributed by atoms with Gasteiger partial charge in [-0.1, -0.05) is 24.1 Å². The average molecular weight is 419 g/mol. The van der Waals surface area contributed by atoms with Gasteiger partial charge in [0.15, 0.2) is 17.2 Å². The zero-order chi connectivity index (χ0) is 21.8. The Bertz CT molecular complexity index is 1160. The predicted molar refractivity (Wildman–Crippen MR) is 114 cm³/mol. The highest BCUT2D eigenvalue weighted by Crippen LogP contribution is 2.30. The maximum Gasteiger partial charge on any atom is 0.272 e. The number of rotatable bonds is 7. The number of aromatic nitrogens is 2. The van der Waals surface area contributed by atoms with Crippen LogP contribution in [0.25, 0.3) is 5.69 Å². The standard InChI is InChI=1S/C24H22FN3O3/c1-3-13-31-22-14-16(11-12-21(22)30-2)15-26-24(29)23-17-7-6-10-19(17)28(27-23)20-9-5-4-8-18(20)25/h1,4-5,8-9,11-12,14H,6-7,10,13,15H2,2H3,(H,26,29). The fourth-order valence-corrected chi connectivity index (χ4v) is 3.77. The van der Waals surface area contributed by atoms with E-state index < -0.39 is 0 Å². The Morgan fingerprint density at radius 3 is 2.87 bits per heavy atom. The van der Waals surface area contributed by atoms with E-state index in [0.717, 1.165) is 36.1 Å². The Hall–Kier alpha value is -3.79. The summed E-state index contributed by atoms with van der Waals surface area (Å²) in [5.74, 6) is 2.82. The van der Waals surface area contributed by atoms with Crippen LogP contribution in [-0.2, 0) is 19.4 Å². The van der Waals surface area contributed by atoms with Crippen LogP contribution in [-0.4, -0.2) is 29.4 Å². The number of nitrogens with one attached hydrogen (secondary N) is 1. The summed E-state index contributed by atoms with van der Waals surface area (Å²) in [4.78, 5) is 12.9. The fourth-order valence-electron chi connectivity index (χ4n) is 3.77. The van der Waals surface area contributed by atoms with E-state index in [-0.39, 0.29) is 24.9 Å². The fraction of sp³-hybridized carbons (Fsp3) is 0.250. The molecular weight excluding hydrogens is 397 g/mol. The lowest BCUT2D eigenvalue weighted by Gasteiger charge is -2.11. The van der Waals surface area contributed by atoms with E-state index in [2.05, 4.69) is 16.3 Å². The Balaban J connectivity index is 1.55. The smallest absolute Gasteiger partial charge is 0.272 e. The summed E-state index contributed by atoms with van der Waals surface area (Å²) < 4.78 is 26.7. The zero-order valence-corrected chi connectivity index (χ0v) is 17.2. The molecule has 0 unspecified atom stereocenters. The minimum absolute atomic E-state index is 0.117. The molecule has 0 radical (unpaired) electrons. The van der Waals surface area contributed by atoms with Gasteiger partial charge in [-0.3, -0.25) is 4.79 Å². The van der Waals surface area contributed by atoms with Gasteiger partial charge in [0, 0.05) is 17.8 Å². The van der Waals surface area contributed by atoms with Gasteiger partial charge in [-0.05, 0) is 49.1 Å². The third-order valence-electron chi connectivity index (χ3n) is 5.22. The summed E-state index contributed by atoms with van der Waals surface area (Å²) in [5.41, 5.74) is 3.29. The summed E-state index contributed by atoms with van der Waals surface area (Å²) in [5, 5.41) is 7.36. The lowest BCUT2D eigenvalue weighted by Crippen LogP contribution is -2.24. The molecule has 6 nitrogen and oxygen atoms in total. The van der Waals surface area contributed by atoms with Crippen molar-refractivity contribution in [3.63, 3.8) is 0 Å². The van der Waals surface area contributed by atoms with Crippen LogP contribution in [0.2, 0.25) is 0 Å². The van der Waals surface area contributed by atoms with E-state index >= 15 is 0 Å². The maximum absolute atomic E-state index is 14.3. The number of carbonyl (C=O) groups is 1. The van der Waals surface area contributed by atoms with Gasteiger partial charge < -0.3 is 14.8 Å². The second kappa shape index (κ2) is 8.92. The third-order valence-corrected chi connectivity index (χ3v) is 5.22. The van der Waals surface area contributed by atoms with E-state index in [1.54, 1.807) is 42.1 Å². The van der Waals surface area contributed by atoms with Crippen LogP contribution in [0, 0.1) is 18.2 Å². The van der Waals surface area contributed by atoms with Crippen molar-refractivity contribution < 1.29 is 18.7 Å². The van der Waals surface area contributed by atoms with Crippen LogP contribution in [0.15, 0.2) is 42.5 Å². The van der Waals surface area contributed by atoms with E-state index in [0.29, 0.717) is 22.9 Å². The summed E-state index contributed by atoms with van der Waals surface area (Å²) in [6, 6.07) is 11.8. The third kappa shape index (κ3) is 4.10. The molecule has 2 aromatic carbocycles. The highest BCUT2D eigenvalue weighted by molar-refractivity contribution is 5.94. The molecule has 4 rings (SSSR count). The number of carbonyl (C=O) groups excluding carboxylic acids is 1. The van der Waals surface area contributed by atoms with Crippen LogP contribution in [0.5, 0.6) is 11.5 Å². The van der Waals surface area contributed by atoms with Crippen molar-refractivity contribution >= 4 is 5.91 Å². The SMILES string of the molecule is C#CCOc1cc(CNC(=O)c2nn(-c3ccccc3F)c3c2CCC3)ccc1OC. The Morgan fingerprint density at radius 1 is 1.26 bits per heavy atom. The highest BCUT2D eigenvalue weighted by atomic mass is 19.1. The molecule has 3 aromatic rings. The molecule has 0 spiro atoms. The van der Waals surface area contributed by atoms with Gasteiger partial charge in [0.2, 0.25) is 0 Å².